The van der Waals surface area contributed by atoms with E-state index in [4.69, 9.17) is 4.74 Å². The second-order valence-electron chi connectivity index (χ2n) is 6.94. The lowest BCUT2D eigenvalue weighted by Gasteiger charge is -2.12. The summed E-state index contributed by atoms with van der Waals surface area (Å²) in [6.07, 6.45) is 1.74. The standard InChI is InChI=1S/C25H21N3O3/c1-18-22(25(30)28(27-18)21-13-6-3-7-14-21)16-19-10-8-9-15-23(19)31-17-24(29)26-20-11-4-2-5-12-20/h2-16H,17H2,1H3,(H,26,29)/b22-16+. The topological polar surface area (TPSA) is 71.0 Å². The van der Waals surface area contributed by atoms with Gasteiger partial charge in [-0.25, -0.2) is 0 Å². The zero-order valence-electron chi connectivity index (χ0n) is 17.0. The Morgan fingerprint density at radius 1 is 0.968 bits per heavy atom. The van der Waals surface area contributed by atoms with E-state index in [-0.39, 0.29) is 18.4 Å². The molecule has 3 aromatic rings. The van der Waals surface area contributed by atoms with Gasteiger partial charge in [0, 0.05) is 11.3 Å². The van der Waals surface area contributed by atoms with Crippen molar-refractivity contribution < 1.29 is 14.3 Å². The molecule has 31 heavy (non-hydrogen) atoms. The fraction of sp³-hybridized carbons (Fsp3) is 0.0800. The summed E-state index contributed by atoms with van der Waals surface area (Å²) in [6, 6.07) is 25.7. The van der Waals surface area contributed by atoms with E-state index in [2.05, 4.69) is 10.4 Å². The molecule has 0 radical (unpaired) electrons. The van der Waals surface area contributed by atoms with E-state index in [1.54, 1.807) is 19.1 Å². The molecule has 1 aliphatic heterocycles. The number of anilines is 2. The Kier molecular flexibility index (Phi) is 5.89. The summed E-state index contributed by atoms with van der Waals surface area (Å²) in [5, 5.41) is 8.57. The molecule has 0 atom stereocenters. The summed E-state index contributed by atoms with van der Waals surface area (Å²) < 4.78 is 5.74. The van der Waals surface area contributed by atoms with Crippen molar-refractivity contribution in [3.05, 3.63) is 96.1 Å². The van der Waals surface area contributed by atoms with Crippen LogP contribution in [0.4, 0.5) is 11.4 Å². The van der Waals surface area contributed by atoms with Crippen LogP contribution >= 0.6 is 0 Å². The van der Waals surface area contributed by atoms with Crippen LogP contribution in [0.2, 0.25) is 0 Å². The maximum atomic E-state index is 12.9. The molecule has 0 saturated carbocycles. The Morgan fingerprint density at radius 3 is 2.35 bits per heavy atom. The van der Waals surface area contributed by atoms with Crippen LogP contribution in [0.1, 0.15) is 12.5 Å². The molecule has 4 rings (SSSR count). The van der Waals surface area contributed by atoms with Gasteiger partial charge in [-0.15, -0.1) is 0 Å². The third-order valence-corrected chi connectivity index (χ3v) is 4.70. The minimum Gasteiger partial charge on any atom is -0.483 e. The maximum absolute atomic E-state index is 12.9. The van der Waals surface area contributed by atoms with E-state index in [0.717, 1.165) is 0 Å². The van der Waals surface area contributed by atoms with Crippen molar-refractivity contribution in [3.63, 3.8) is 0 Å². The molecule has 1 N–H and O–H groups in total. The summed E-state index contributed by atoms with van der Waals surface area (Å²) in [5.41, 5.74) is 3.20. The summed E-state index contributed by atoms with van der Waals surface area (Å²) >= 11 is 0. The number of ether oxygens (including phenoxy) is 1. The number of hydrazone groups is 1. The minimum atomic E-state index is -0.265. The Morgan fingerprint density at radius 2 is 1.61 bits per heavy atom. The van der Waals surface area contributed by atoms with Gasteiger partial charge in [0.2, 0.25) is 0 Å². The van der Waals surface area contributed by atoms with E-state index < -0.39 is 0 Å². The Labute approximate surface area is 180 Å². The summed E-state index contributed by atoms with van der Waals surface area (Å²) in [6.45, 7) is 1.65. The number of para-hydroxylation sites is 3. The summed E-state index contributed by atoms with van der Waals surface area (Å²) in [5.74, 6) is 0.0379. The first-order valence-electron chi connectivity index (χ1n) is 9.85. The van der Waals surface area contributed by atoms with Gasteiger partial charge in [-0.3, -0.25) is 9.59 Å². The van der Waals surface area contributed by atoms with Crippen LogP contribution in [0, 0.1) is 0 Å². The number of amides is 2. The fourth-order valence-corrected chi connectivity index (χ4v) is 3.18. The zero-order valence-corrected chi connectivity index (χ0v) is 17.0. The molecule has 3 aromatic carbocycles. The van der Waals surface area contributed by atoms with Crippen molar-refractivity contribution in [2.45, 2.75) is 6.92 Å². The van der Waals surface area contributed by atoms with Gasteiger partial charge in [-0.2, -0.15) is 10.1 Å². The van der Waals surface area contributed by atoms with Gasteiger partial charge in [0.05, 0.1) is 17.0 Å². The average Bonchev–Trinajstić information content (AvgIpc) is 3.08. The van der Waals surface area contributed by atoms with Gasteiger partial charge in [-0.05, 0) is 43.3 Å². The molecule has 1 heterocycles. The van der Waals surface area contributed by atoms with Crippen molar-refractivity contribution in [1.82, 2.24) is 0 Å². The number of carbonyl (C=O) groups is 2. The van der Waals surface area contributed by atoms with Gasteiger partial charge in [0.25, 0.3) is 11.8 Å². The van der Waals surface area contributed by atoms with Gasteiger partial charge < -0.3 is 10.1 Å². The lowest BCUT2D eigenvalue weighted by atomic mass is 10.1. The molecule has 1 aliphatic rings. The maximum Gasteiger partial charge on any atom is 0.280 e. The molecule has 0 saturated heterocycles. The monoisotopic (exact) mass is 411 g/mol. The van der Waals surface area contributed by atoms with Crippen LogP contribution in [0.25, 0.3) is 6.08 Å². The van der Waals surface area contributed by atoms with E-state index in [9.17, 15) is 9.59 Å². The zero-order chi connectivity index (χ0) is 21.6. The van der Waals surface area contributed by atoms with Gasteiger partial charge >= 0.3 is 0 Å². The highest BCUT2D eigenvalue weighted by Gasteiger charge is 2.28. The van der Waals surface area contributed by atoms with Crippen molar-refractivity contribution >= 4 is 35.0 Å². The molecule has 0 spiro atoms. The molecule has 6 nitrogen and oxygen atoms in total. The van der Waals surface area contributed by atoms with E-state index >= 15 is 0 Å². The summed E-state index contributed by atoms with van der Waals surface area (Å²) in [7, 11) is 0. The Hall–Kier alpha value is -4.19. The van der Waals surface area contributed by atoms with E-state index in [0.29, 0.717) is 34.0 Å². The van der Waals surface area contributed by atoms with Gasteiger partial charge in [-0.1, -0.05) is 54.6 Å². The van der Waals surface area contributed by atoms with Crippen LogP contribution in [0.5, 0.6) is 5.75 Å². The van der Waals surface area contributed by atoms with Gasteiger partial charge in [0.15, 0.2) is 6.61 Å². The Balaban J connectivity index is 1.49. The minimum absolute atomic E-state index is 0.147. The van der Waals surface area contributed by atoms with Crippen LogP contribution in [-0.2, 0) is 9.59 Å². The predicted octanol–water partition coefficient (Wildman–Crippen LogP) is 4.51. The van der Waals surface area contributed by atoms with E-state index in [1.807, 2.05) is 78.9 Å². The van der Waals surface area contributed by atoms with Gasteiger partial charge in [0.1, 0.15) is 5.75 Å². The number of nitrogens with one attached hydrogen (secondary N) is 1. The quantitative estimate of drug-likeness (QED) is 0.607. The number of nitrogens with zero attached hydrogens (tertiary/aromatic N) is 2. The molecule has 0 fully saturated rings. The molecule has 2 amide bonds. The molecule has 0 aliphatic carbocycles. The van der Waals surface area contributed by atoms with Crippen molar-refractivity contribution in [3.8, 4) is 5.75 Å². The first kappa shape index (κ1) is 20.1. The lowest BCUT2D eigenvalue weighted by molar-refractivity contribution is -0.118. The lowest BCUT2D eigenvalue weighted by Crippen LogP contribution is -2.21. The second-order valence-corrected chi connectivity index (χ2v) is 6.94. The first-order valence-corrected chi connectivity index (χ1v) is 9.85. The van der Waals surface area contributed by atoms with Crippen molar-refractivity contribution in [2.24, 2.45) is 5.10 Å². The third-order valence-electron chi connectivity index (χ3n) is 4.70. The molecule has 0 unspecified atom stereocenters. The van der Waals surface area contributed by atoms with Crippen LogP contribution in [0.15, 0.2) is 95.6 Å². The van der Waals surface area contributed by atoms with Crippen LogP contribution in [0.3, 0.4) is 0 Å². The van der Waals surface area contributed by atoms with Crippen molar-refractivity contribution in [1.29, 1.82) is 0 Å². The molecule has 6 heteroatoms. The SMILES string of the molecule is CC1=NN(c2ccccc2)C(=O)/C1=C/c1ccccc1OCC(=O)Nc1ccccc1. The fourth-order valence-electron chi connectivity index (χ4n) is 3.18. The number of rotatable bonds is 6. The largest absolute Gasteiger partial charge is 0.483 e. The molecule has 154 valence electrons. The third kappa shape index (κ3) is 4.70. The number of hydrogen-bond donors (Lipinski definition) is 1. The van der Waals surface area contributed by atoms with Crippen LogP contribution < -0.4 is 15.1 Å². The molecular formula is C25H21N3O3. The predicted molar refractivity (Wildman–Crippen MR) is 122 cm³/mol. The van der Waals surface area contributed by atoms with E-state index in [1.165, 1.54) is 5.01 Å². The molecular weight excluding hydrogens is 390 g/mol. The number of hydrogen-bond acceptors (Lipinski definition) is 4. The van der Waals surface area contributed by atoms with Crippen molar-refractivity contribution in [2.75, 3.05) is 16.9 Å². The molecule has 0 bridgehead atoms. The highest BCUT2D eigenvalue weighted by Crippen LogP contribution is 2.27. The number of benzene rings is 3. The summed E-state index contributed by atoms with van der Waals surface area (Å²) in [4.78, 5) is 25.2. The number of carbonyl (C=O) groups excluding carboxylic acids is 2. The highest BCUT2D eigenvalue weighted by atomic mass is 16.5. The smallest absolute Gasteiger partial charge is 0.280 e. The highest BCUT2D eigenvalue weighted by molar-refractivity contribution is 6.32. The average molecular weight is 411 g/mol. The second kappa shape index (κ2) is 9.09. The Bertz CT molecular complexity index is 1150. The van der Waals surface area contributed by atoms with Crippen LogP contribution in [-0.4, -0.2) is 24.1 Å². The molecule has 0 aromatic heterocycles. The normalized spacial score (nSPS) is 14.5. The first-order chi connectivity index (χ1) is 15.1.